The lowest BCUT2D eigenvalue weighted by Crippen LogP contribution is -2.32. The Balaban J connectivity index is 0.000000424. The number of aromatic amines is 1. The lowest BCUT2D eigenvalue weighted by Gasteiger charge is -2.17. The Kier molecular flexibility index (Phi) is 18.5. The van der Waals surface area contributed by atoms with Crippen molar-refractivity contribution in [2.45, 2.75) is 73.0 Å². The van der Waals surface area contributed by atoms with E-state index in [0.717, 1.165) is 25.2 Å². The molecule has 1 saturated heterocycles. The molecule has 1 fully saturated rings. The second kappa shape index (κ2) is 21.6. The van der Waals surface area contributed by atoms with E-state index in [1.54, 1.807) is 30.5 Å². The highest BCUT2D eigenvalue weighted by Crippen LogP contribution is 2.25. The number of aromatic nitrogens is 4. The molecule has 1 unspecified atom stereocenters. The lowest BCUT2D eigenvalue weighted by molar-refractivity contribution is -0.191. The fraction of sp³-hybridized carbons (Fsp3) is 0.371. The monoisotopic (exact) mass is 746 g/mol. The molecule has 0 spiro atoms. The number of esters is 2. The number of aliphatic carboxylic acids is 1. The maximum absolute atomic E-state index is 13.7. The maximum atomic E-state index is 13.7. The Hall–Kier alpha value is -5.57. The molecule has 4 heterocycles. The Morgan fingerprint density at radius 2 is 1.81 bits per heavy atom. The molecule has 1 aliphatic rings. The molecule has 2 N–H and O–H groups in total. The highest BCUT2D eigenvalue weighted by atomic mass is 35.5. The molecular formula is C35H40ClFN4O11. The fourth-order valence-corrected chi connectivity index (χ4v) is 4.64. The minimum Gasteiger partial charge on any atom is -0.478 e. The van der Waals surface area contributed by atoms with Crippen LogP contribution in [0.2, 0.25) is 5.15 Å². The zero-order chi connectivity index (χ0) is 38.2. The largest absolute Gasteiger partial charge is 0.478 e. The molecule has 17 heteroatoms. The third kappa shape index (κ3) is 13.0. The highest BCUT2D eigenvalue weighted by Gasteiger charge is 2.23. The maximum Gasteiger partial charge on any atom is 0.373 e. The minimum atomic E-state index is -1.49. The lowest BCUT2D eigenvalue weighted by atomic mass is 10.0. The summed E-state index contributed by atoms with van der Waals surface area (Å²) in [7, 11) is 0. The average molecular weight is 747 g/mol. The molecule has 2 atom stereocenters. The summed E-state index contributed by atoms with van der Waals surface area (Å²) in [5.41, 5.74) is 0.827. The molecule has 280 valence electrons. The van der Waals surface area contributed by atoms with Gasteiger partial charge in [0.1, 0.15) is 6.61 Å². The van der Waals surface area contributed by atoms with Gasteiger partial charge in [0.15, 0.2) is 16.6 Å². The molecule has 1 aliphatic heterocycles. The number of fused-ring (bicyclic) bond motifs is 1. The molecule has 0 radical (unpaired) electrons. The van der Waals surface area contributed by atoms with Gasteiger partial charge in [0.05, 0.1) is 28.4 Å². The molecule has 0 amide bonds. The van der Waals surface area contributed by atoms with E-state index in [9.17, 15) is 28.4 Å². The van der Waals surface area contributed by atoms with Crippen LogP contribution in [0.1, 0.15) is 75.5 Å². The van der Waals surface area contributed by atoms with Gasteiger partial charge in [-0.3, -0.25) is 19.6 Å². The van der Waals surface area contributed by atoms with Crippen molar-refractivity contribution in [3.05, 3.63) is 97.3 Å². The summed E-state index contributed by atoms with van der Waals surface area (Å²) in [6.45, 7) is 9.34. The summed E-state index contributed by atoms with van der Waals surface area (Å²) >= 11 is 5.76. The number of hydrogen-bond donors (Lipinski definition) is 2. The van der Waals surface area contributed by atoms with Crippen LogP contribution in [-0.2, 0) is 33.4 Å². The van der Waals surface area contributed by atoms with Crippen LogP contribution in [0.3, 0.4) is 0 Å². The van der Waals surface area contributed by atoms with Gasteiger partial charge in [-0.1, -0.05) is 51.1 Å². The summed E-state index contributed by atoms with van der Waals surface area (Å²) in [4.78, 5) is 84.1. The van der Waals surface area contributed by atoms with Crippen LogP contribution in [0.5, 0.6) is 0 Å². The van der Waals surface area contributed by atoms with Crippen LogP contribution in [0.15, 0.2) is 58.3 Å². The summed E-state index contributed by atoms with van der Waals surface area (Å²) in [5, 5.41) is 8.27. The number of carbonyl (C=O) groups excluding carboxylic acids is 4. The van der Waals surface area contributed by atoms with Gasteiger partial charge in [0.2, 0.25) is 6.10 Å². The SMILES string of the molecule is C.CC(=O)O[C@H](COC(=O)c1ccccc1)C(=O)O.CC1CCCO1.Cc1ccnc(C(C)C)c1-n1c(=O)[nH]c(=O)c2cc(F)c(Cl)nc21.O=C=O. The van der Waals surface area contributed by atoms with Crippen molar-refractivity contribution in [3.63, 3.8) is 0 Å². The number of carbonyl (C=O) groups is 3. The van der Waals surface area contributed by atoms with Crippen molar-refractivity contribution in [1.82, 2.24) is 19.5 Å². The van der Waals surface area contributed by atoms with E-state index < -0.39 is 52.8 Å². The Morgan fingerprint density at radius 1 is 1.17 bits per heavy atom. The second-order valence-electron chi connectivity index (χ2n) is 11.1. The summed E-state index contributed by atoms with van der Waals surface area (Å²) in [6.07, 6.45) is 3.48. The number of aryl methyl sites for hydroxylation is 1. The molecule has 0 aliphatic carbocycles. The fourth-order valence-electron chi connectivity index (χ4n) is 4.51. The van der Waals surface area contributed by atoms with E-state index >= 15 is 0 Å². The number of carboxylic acid groups (broad SMARTS) is 1. The standard InChI is InChI=1S/C16H14ClFN4O2.C12H12O6.C5H10O.CO2.CH4/c1-7(2)11-12(8(3)4-5-19-11)22-14-9(15(23)21-16(22)24)6-10(18)13(17)20-14;1-8(13)18-10(11(14)15)7-17-12(16)9-5-3-2-4-6-9;1-5-3-2-4-6-5;2-1-3;/h4-7H,1-3H3,(H,21,23,24);2-6,10H,7H2,1H3,(H,14,15);5H,2-4H2,1H3;;1H4/t;10-;;;/m.1.../s1. The Bertz CT molecular complexity index is 1970. The van der Waals surface area contributed by atoms with Gasteiger partial charge in [-0.05, 0) is 62.4 Å². The number of ether oxygens (including phenoxy) is 3. The molecule has 0 saturated carbocycles. The van der Waals surface area contributed by atoms with Crippen LogP contribution < -0.4 is 11.2 Å². The summed E-state index contributed by atoms with van der Waals surface area (Å²) in [6, 6.07) is 10.8. The predicted octanol–water partition coefficient (Wildman–Crippen LogP) is 4.79. The number of hydrogen-bond acceptors (Lipinski definition) is 12. The first-order valence-corrected chi connectivity index (χ1v) is 15.7. The summed E-state index contributed by atoms with van der Waals surface area (Å²) in [5.74, 6) is -3.60. The molecule has 15 nitrogen and oxygen atoms in total. The Morgan fingerprint density at radius 3 is 2.31 bits per heavy atom. The van der Waals surface area contributed by atoms with E-state index in [4.69, 9.17) is 35.8 Å². The van der Waals surface area contributed by atoms with Crippen LogP contribution in [-0.4, -0.2) is 74.1 Å². The number of halogens is 2. The zero-order valence-corrected chi connectivity index (χ0v) is 29.1. The van der Waals surface area contributed by atoms with Crippen molar-refractivity contribution in [2.75, 3.05) is 13.2 Å². The predicted molar refractivity (Wildman–Crippen MR) is 186 cm³/mol. The smallest absolute Gasteiger partial charge is 0.373 e. The third-order valence-corrected chi connectivity index (χ3v) is 7.10. The molecule has 5 rings (SSSR count). The number of rotatable bonds is 7. The molecule has 1 aromatic carbocycles. The van der Waals surface area contributed by atoms with Gasteiger partial charge in [0.25, 0.3) is 5.56 Å². The molecule has 0 bridgehead atoms. The first-order chi connectivity index (χ1) is 24.1. The van der Waals surface area contributed by atoms with Crippen LogP contribution in [0.25, 0.3) is 16.7 Å². The normalized spacial score (nSPS) is 13.3. The average Bonchev–Trinajstić information content (AvgIpc) is 3.56. The number of benzene rings is 1. The van der Waals surface area contributed by atoms with Gasteiger partial charge in [-0.15, -0.1) is 0 Å². The van der Waals surface area contributed by atoms with Crippen molar-refractivity contribution >= 4 is 46.7 Å². The second-order valence-corrected chi connectivity index (χ2v) is 11.4. The van der Waals surface area contributed by atoms with Crippen LogP contribution in [0, 0.1) is 12.7 Å². The molecule has 4 aromatic rings. The molecule has 3 aromatic heterocycles. The van der Waals surface area contributed by atoms with E-state index in [2.05, 4.69) is 26.6 Å². The molecular weight excluding hydrogens is 707 g/mol. The minimum absolute atomic E-state index is 0. The van der Waals surface area contributed by atoms with Gasteiger partial charge in [-0.2, -0.15) is 9.59 Å². The quantitative estimate of drug-likeness (QED) is 0.192. The van der Waals surface area contributed by atoms with Crippen LogP contribution >= 0.6 is 11.6 Å². The van der Waals surface area contributed by atoms with Crippen molar-refractivity contribution < 1.29 is 47.7 Å². The van der Waals surface area contributed by atoms with Crippen LogP contribution in [0.4, 0.5) is 4.39 Å². The van der Waals surface area contributed by atoms with E-state index in [0.29, 0.717) is 23.0 Å². The Labute approximate surface area is 302 Å². The third-order valence-electron chi connectivity index (χ3n) is 6.83. The van der Waals surface area contributed by atoms with E-state index in [1.807, 2.05) is 20.8 Å². The molecule has 52 heavy (non-hydrogen) atoms. The van der Waals surface area contributed by atoms with Crippen molar-refractivity contribution in [1.29, 1.82) is 0 Å². The summed E-state index contributed by atoms with van der Waals surface area (Å²) < 4.78 is 29.3. The van der Waals surface area contributed by atoms with Gasteiger partial charge < -0.3 is 19.3 Å². The van der Waals surface area contributed by atoms with Crippen molar-refractivity contribution in [3.8, 4) is 5.69 Å². The van der Waals surface area contributed by atoms with Gasteiger partial charge in [0, 0.05) is 19.7 Å². The zero-order valence-electron chi connectivity index (χ0n) is 28.3. The topological polar surface area (TPSA) is 214 Å². The number of nitrogens with zero attached hydrogens (tertiary/aromatic N) is 3. The van der Waals surface area contributed by atoms with Gasteiger partial charge in [-0.25, -0.2) is 28.3 Å². The first-order valence-electron chi connectivity index (χ1n) is 15.3. The highest BCUT2D eigenvalue weighted by molar-refractivity contribution is 6.29. The van der Waals surface area contributed by atoms with E-state index in [-0.39, 0.29) is 30.5 Å². The number of H-pyrrole nitrogens is 1. The van der Waals surface area contributed by atoms with Gasteiger partial charge >= 0.3 is 29.7 Å². The van der Waals surface area contributed by atoms with E-state index in [1.165, 1.54) is 29.5 Å². The first kappa shape index (κ1) is 44.5. The number of pyridine rings is 2. The number of nitrogens with one attached hydrogen (secondary N) is 1. The van der Waals surface area contributed by atoms with Crippen molar-refractivity contribution in [2.24, 2.45) is 0 Å². The number of carboxylic acids is 1.